The zero-order chi connectivity index (χ0) is 39.8. The number of aromatic nitrogens is 1. The van der Waals surface area contributed by atoms with E-state index in [2.05, 4.69) is 27.8 Å². The number of likely N-dealkylation sites (tertiary alicyclic amines) is 1. The van der Waals surface area contributed by atoms with E-state index in [9.17, 15) is 27.9 Å². The van der Waals surface area contributed by atoms with Crippen LogP contribution in [0.25, 0.3) is 11.1 Å². The molecule has 0 bridgehead atoms. The molecule has 298 valence electrons. The first kappa shape index (κ1) is 39.6. The van der Waals surface area contributed by atoms with Crippen LogP contribution >= 0.6 is 11.6 Å². The summed E-state index contributed by atoms with van der Waals surface area (Å²) in [4.78, 5) is 29.5. The van der Waals surface area contributed by atoms with Crippen molar-refractivity contribution < 1.29 is 42.1 Å². The van der Waals surface area contributed by atoms with E-state index in [1.165, 1.54) is 7.11 Å². The Hall–Kier alpha value is -4.59. The van der Waals surface area contributed by atoms with Gasteiger partial charge in [-0.2, -0.15) is 18.2 Å². The molecule has 10 nitrogen and oxygen atoms in total. The zero-order valence-corrected chi connectivity index (χ0v) is 32.4. The Balaban J connectivity index is 1.11. The van der Waals surface area contributed by atoms with E-state index in [1.54, 1.807) is 18.9 Å². The second kappa shape index (κ2) is 16.1. The number of allylic oxidation sites excluding steroid dienone is 2. The number of carboxylic acid groups (broad SMARTS) is 1. The predicted molar refractivity (Wildman–Crippen MR) is 205 cm³/mol. The molecule has 0 radical (unpaired) electrons. The summed E-state index contributed by atoms with van der Waals surface area (Å²) >= 11 is 7.20. The first-order valence-corrected chi connectivity index (χ1v) is 19.3. The lowest BCUT2D eigenvalue weighted by Gasteiger charge is -2.31. The summed E-state index contributed by atoms with van der Waals surface area (Å²) in [6, 6.07) is 12.7. The third-order valence-electron chi connectivity index (χ3n) is 11.7. The van der Waals surface area contributed by atoms with Crippen LogP contribution in [0, 0.1) is 0 Å². The number of hydrogen-bond acceptors (Lipinski definition) is 8. The fourth-order valence-electron chi connectivity index (χ4n) is 8.52. The zero-order valence-electron chi connectivity index (χ0n) is 31.6. The fraction of sp³-hybridized carbons (Fsp3) is 0.452. The highest BCUT2D eigenvalue weighted by Gasteiger charge is 2.45. The topological polar surface area (TPSA) is 122 Å². The molecule has 0 saturated carbocycles. The van der Waals surface area contributed by atoms with Gasteiger partial charge in [0.2, 0.25) is 17.7 Å². The summed E-state index contributed by atoms with van der Waals surface area (Å²) in [5.74, 6) is -0.766. The molecule has 1 unspecified atom stereocenters. The number of fused-ring (bicyclic) bond motifs is 1. The monoisotopic (exact) mass is 794 g/mol. The van der Waals surface area contributed by atoms with E-state index in [0.717, 1.165) is 51.6 Å². The van der Waals surface area contributed by atoms with Crippen LogP contribution in [0.5, 0.6) is 11.8 Å². The molecule has 3 heterocycles. The maximum Gasteiger partial charge on any atom is 0.421 e. The van der Waals surface area contributed by atoms with E-state index in [0.29, 0.717) is 63.2 Å². The van der Waals surface area contributed by atoms with Crippen molar-refractivity contribution in [3.8, 4) is 22.9 Å². The van der Waals surface area contributed by atoms with Gasteiger partial charge in [-0.3, -0.25) is 14.5 Å². The number of rotatable bonds is 13. The number of aliphatic carboxylic acids is 1. The second-order valence-corrected chi connectivity index (χ2v) is 15.5. The molecule has 2 saturated heterocycles. The number of methoxy groups -OCH3 is 2. The second-order valence-electron chi connectivity index (χ2n) is 15.1. The highest BCUT2D eigenvalue weighted by Crippen LogP contribution is 2.47. The Labute approximate surface area is 329 Å². The number of carbonyl (C=O) groups excluding carboxylic acids is 1. The number of amides is 1. The van der Waals surface area contributed by atoms with E-state index in [-0.39, 0.29) is 35.9 Å². The summed E-state index contributed by atoms with van der Waals surface area (Å²) < 4.78 is 61.3. The van der Waals surface area contributed by atoms with E-state index in [4.69, 9.17) is 25.8 Å². The number of carbonyl (C=O) groups is 2. The first-order valence-electron chi connectivity index (χ1n) is 19.0. The van der Waals surface area contributed by atoms with Gasteiger partial charge >= 0.3 is 12.1 Å². The van der Waals surface area contributed by atoms with E-state index < -0.39 is 35.2 Å². The van der Waals surface area contributed by atoms with Crippen LogP contribution < -0.4 is 20.1 Å². The standard InChI is InChI=1S/C42H46ClF3N4O6/c1-41(40(52)53)17-6-18-50(41)23-26-19-33(42(44,45)46)39(49-38(26)55-3)56-34-15-14-30-29(8-5-9-31(30)34)32-10-4-7-28(37(32)43)24-11-12-25(35(20-24)54-2)21-47-22-27-13-16-36(51)48-27/h4-5,7-12,19,24,27,34,47H,6,13-18,20-23H2,1-3H3,(H,48,51)(H,52,53)/t24?,27-,34-,41-/m0/s1. The van der Waals surface area contributed by atoms with Crippen LogP contribution in [-0.4, -0.2) is 72.3 Å². The van der Waals surface area contributed by atoms with E-state index in [1.807, 2.05) is 36.4 Å². The van der Waals surface area contributed by atoms with Gasteiger partial charge in [-0.25, -0.2) is 0 Å². The molecule has 3 aromatic rings. The van der Waals surface area contributed by atoms with Crippen molar-refractivity contribution in [2.75, 3.05) is 33.9 Å². The maximum absolute atomic E-state index is 14.6. The maximum atomic E-state index is 14.6. The van der Waals surface area contributed by atoms with Crippen LogP contribution in [0.15, 0.2) is 65.9 Å². The lowest BCUT2D eigenvalue weighted by Crippen LogP contribution is -2.47. The summed E-state index contributed by atoms with van der Waals surface area (Å²) in [7, 11) is 2.99. The van der Waals surface area contributed by atoms with Gasteiger partial charge in [0.25, 0.3) is 0 Å². The molecular weight excluding hydrogens is 749 g/mol. The average Bonchev–Trinajstić information content (AvgIpc) is 3.90. The smallest absolute Gasteiger partial charge is 0.421 e. The van der Waals surface area contributed by atoms with Crippen LogP contribution in [0.1, 0.15) is 85.3 Å². The third kappa shape index (κ3) is 7.86. The molecule has 14 heteroatoms. The van der Waals surface area contributed by atoms with Crippen molar-refractivity contribution in [1.82, 2.24) is 20.5 Å². The molecule has 1 amide bonds. The molecule has 2 fully saturated rings. The minimum atomic E-state index is -4.79. The average molecular weight is 795 g/mol. The first-order chi connectivity index (χ1) is 26.8. The molecule has 4 atom stereocenters. The van der Waals surface area contributed by atoms with Gasteiger partial charge in [-0.1, -0.05) is 60.2 Å². The molecule has 0 spiro atoms. The van der Waals surface area contributed by atoms with Crippen molar-refractivity contribution in [2.45, 2.75) is 88.2 Å². The van der Waals surface area contributed by atoms with Crippen molar-refractivity contribution in [3.05, 3.63) is 98.8 Å². The van der Waals surface area contributed by atoms with Crippen molar-refractivity contribution in [2.24, 2.45) is 0 Å². The third-order valence-corrected chi connectivity index (χ3v) is 12.1. The Bertz CT molecular complexity index is 2070. The summed E-state index contributed by atoms with van der Waals surface area (Å²) in [5.41, 5.74) is 3.26. The van der Waals surface area contributed by atoms with Crippen LogP contribution in [0.3, 0.4) is 0 Å². The van der Waals surface area contributed by atoms with Gasteiger partial charge in [0, 0.05) is 61.1 Å². The molecule has 2 aromatic carbocycles. The Morgan fingerprint density at radius 2 is 1.86 bits per heavy atom. The number of hydrogen-bond donors (Lipinski definition) is 3. The highest BCUT2D eigenvalue weighted by molar-refractivity contribution is 6.34. The van der Waals surface area contributed by atoms with Gasteiger partial charge in [-0.15, -0.1) is 0 Å². The number of halogens is 4. The largest absolute Gasteiger partial charge is 0.501 e. The van der Waals surface area contributed by atoms with E-state index >= 15 is 0 Å². The Kier molecular flexibility index (Phi) is 11.4. The number of alkyl halides is 3. The molecule has 2 aliphatic heterocycles. The molecule has 2 aliphatic carbocycles. The van der Waals surface area contributed by atoms with Gasteiger partial charge in [0.1, 0.15) is 23.0 Å². The van der Waals surface area contributed by atoms with Crippen LogP contribution in [0.4, 0.5) is 13.2 Å². The summed E-state index contributed by atoms with van der Waals surface area (Å²) in [5, 5.41) is 16.9. The van der Waals surface area contributed by atoms with Crippen molar-refractivity contribution >= 4 is 23.5 Å². The fourth-order valence-corrected chi connectivity index (χ4v) is 8.88. The van der Waals surface area contributed by atoms with Gasteiger partial charge in [-0.05, 0) is 73.9 Å². The molecule has 1 aromatic heterocycles. The summed E-state index contributed by atoms with van der Waals surface area (Å²) in [6.07, 6.45) is 2.65. The minimum absolute atomic E-state index is 0.0451. The lowest BCUT2D eigenvalue weighted by atomic mass is 9.86. The number of pyridine rings is 1. The van der Waals surface area contributed by atoms with Crippen molar-refractivity contribution in [1.29, 1.82) is 0 Å². The van der Waals surface area contributed by atoms with Gasteiger partial charge in [0.05, 0.1) is 19.2 Å². The quantitative estimate of drug-likeness (QED) is 0.160. The number of ether oxygens (including phenoxy) is 3. The van der Waals surface area contributed by atoms with Crippen LogP contribution in [-0.2, 0) is 33.5 Å². The van der Waals surface area contributed by atoms with Gasteiger partial charge in [0.15, 0.2) is 0 Å². The Morgan fingerprint density at radius 3 is 2.55 bits per heavy atom. The normalized spacial score (nSPS) is 23.7. The molecule has 4 aliphatic rings. The number of nitrogens with zero attached hydrogens (tertiary/aromatic N) is 2. The SMILES string of the molecule is COC1=C(CNC[C@@H]2CCC(=O)N2)C=CC(c2cccc(-c3cccc4c3CC[C@@H]4Oc3nc(OC)c(CN4CCC[C@@]4(C)C(=O)O)cc3C(F)(F)F)c2Cl)C1. The lowest BCUT2D eigenvalue weighted by molar-refractivity contribution is -0.149. The molecule has 7 rings (SSSR count). The molecular formula is C42H46ClF3N4O6. The predicted octanol–water partition coefficient (Wildman–Crippen LogP) is 7.75. The van der Waals surface area contributed by atoms with Gasteiger partial charge < -0.3 is 30.0 Å². The van der Waals surface area contributed by atoms with Crippen LogP contribution in [0.2, 0.25) is 5.02 Å². The molecule has 56 heavy (non-hydrogen) atoms. The number of nitrogens with one attached hydrogen (secondary N) is 2. The number of carboxylic acids is 1. The highest BCUT2D eigenvalue weighted by atomic mass is 35.5. The Morgan fingerprint density at radius 1 is 1.09 bits per heavy atom. The molecule has 3 N–H and O–H groups in total. The van der Waals surface area contributed by atoms with Crippen molar-refractivity contribution in [3.63, 3.8) is 0 Å². The number of benzene rings is 2. The summed E-state index contributed by atoms with van der Waals surface area (Å²) in [6.45, 7) is 3.22. The minimum Gasteiger partial charge on any atom is -0.501 e.